The SMILES string of the molecule is C#P(C)CCCC[PH](C)(CCCC/C=C\C)CCCC/C=C\C. The average molecular weight is 357 g/mol. The van der Waals surface area contributed by atoms with Crippen LogP contribution >= 0.6 is 14.6 Å². The van der Waals surface area contributed by atoms with Gasteiger partial charge in [0, 0.05) is 0 Å². The van der Waals surface area contributed by atoms with Crippen molar-refractivity contribution in [3.8, 4) is 6.13 Å². The van der Waals surface area contributed by atoms with Gasteiger partial charge in [0.25, 0.3) is 0 Å². The number of allylic oxidation sites excluding steroid dienone is 4. The van der Waals surface area contributed by atoms with Crippen LogP contribution in [-0.2, 0) is 0 Å². The fraction of sp³-hybridized carbons (Fsp3) is 0.762. The van der Waals surface area contributed by atoms with Gasteiger partial charge in [-0.15, -0.1) is 0 Å². The summed E-state index contributed by atoms with van der Waals surface area (Å²) >= 11 is 0. The van der Waals surface area contributed by atoms with Crippen molar-refractivity contribution in [2.75, 3.05) is 38.0 Å². The summed E-state index contributed by atoms with van der Waals surface area (Å²) in [6, 6.07) is 0. The summed E-state index contributed by atoms with van der Waals surface area (Å²) in [6.45, 7) is 9.14. The van der Waals surface area contributed by atoms with Crippen LogP contribution in [-0.4, -0.2) is 38.0 Å². The summed E-state index contributed by atoms with van der Waals surface area (Å²) in [4.78, 5) is 0. The van der Waals surface area contributed by atoms with Crippen molar-refractivity contribution < 1.29 is 0 Å². The molecule has 2 heteroatoms. The molecule has 0 saturated carbocycles. The van der Waals surface area contributed by atoms with Gasteiger partial charge in [0.05, 0.1) is 0 Å². The third-order valence-electron chi connectivity index (χ3n) is 4.81. The van der Waals surface area contributed by atoms with Crippen LogP contribution in [0.1, 0.15) is 65.2 Å². The zero-order valence-corrected chi connectivity index (χ0v) is 18.2. The summed E-state index contributed by atoms with van der Waals surface area (Å²) in [6.07, 6.45) is 31.8. The fourth-order valence-corrected chi connectivity index (χ4v) is 8.03. The number of hydrogen-bond acceptors (Lipinski definition) is 0. The van der Waals surface area contributed by atoms with Crippen molar-refractivity contribution in [1.29, 1.82) is 0 Å². The van der Waals surface area contributed by atoms with Crippen molar-refractivity contribution in [2.24, 2.45) is 0 Å². The Morgan fingerprint density at radius 3 is 1.61 bits per heavy atom. The maximum absolute atomic E-state index is 5.96. The van der Waals surface area contributed by atoms with Gasteiger partial charge in [-0.2, -0.15) is 0 Å². The Kier molecular flexibility index (Phi) is 15.5. The van der Waals surface area contributed by atoms with Crippen LogP contribution < -0.4 is 0 Å². The summed E-state index contributed by atoms with van der Waals surface area (Å²) in [5, 5.41) is 0. The Labute approximate surface area is 148 Å². The minimum absolute atomic E-state index is 0.184. The van der Waals surface area contributed by atoms with E-state index in [1.807, 2.05) is 0 Å². The molecule has 0 nitrogen and oxygen atoms in total. The molecular weight excluding hydrogens is 314 g/mol. The first-order valence-electron chi connectivity index (χ1n) is 9.72. The second kappa shape index (κ2) is 15.5. The molecule has 0 aliphatic rings. The minimum atomic E-state index is -1.02. The molecule has 1 atom stereocenters. The van der Waals surface area contributed by atoms with Crippen molar-refractivity contribution in [1.82, 2.24) is 0 Å². The Morgan fingerprint density at radius 2 is 1.22 bits per heavy atom. The van der Waals surface area contributed by atoms with Gasteiger partial charge in [-0.05, 0) is 0 Å². The van der Waals surface area contributed by atoms with Gasteiger partial charge >= 0.3 is 148 Å². The molecular formula is C21H42P2. The topological polar surface area (TPSA) is 0 Å². The molecule has 0 heterocycles. The van der Waals surface area contributed by atoms with E-state index in [0.29, 0.717) is 0 Å². The second-order valence-electron chi connectivity index (χ2n) is 7.38. The normalized spacial score (nSPS) is 14.0. The second-order valence-corrected chi connectivity index (χ2v) is 14.5. The first-order chi connectivity index (χ1) is 11.0. The van der Waals surface area contributed by atoms with Crippen LogP contribution in [0.3, 0.4) is 0 Å². The summed E-state index contributed by atoms with van der Waals surface area (Å²) in [7, 11) is -1.21. The van der Waals surface area contributed by atoms with E-state index in [0.717, 1.165) is 0 Å². The van der Waals surface area contributed by atoms with E-state index in [9.17, 15) is 0 Å². The average Bonchev–Trinajstić information content (AvgIpc) is 2.51. The van der Waals surface area contributed by atoms with Gasteiger partial charge in [-0.1, -0.05) is 0 Å². The number of unbranched alkanes of at least 4 members (excludes halogenated alkanes) is 5. The molecule has 0 aromatic carbocycles. The molecule has 0 aromatic heterocycles. The van der Waals surface area contributed by atoms with Crippen molar-refractivity contribution in [3.63, 3.8) is 0 Å². The van der Waals surface area contributed by atoms with E-state index < -0.39 is 7.26 Å². The van der Waals surface area contributed by atoms with Crippen LogP contribution in [0.2, 0.25) is 0 Å². The summed E-state index contributed by atoms with van der Waals surface area (Å²) in [5.74, 6) is 0. The van der Waals surface area contributed by atoms with Gasteiger partial charge in [0.1, 0.15) is 0 Å². The molecule has 0 amide bonds. The Balaban J connectivity index is 4.18. The fourth-order valence-electron chi connectivity index (χ4n) is 3.25. The summed E-state index contributed by atoms with van der Waals surface area (Å²) < 4.78 is 0. The van der Waals surface area contributed by atoms with E-state index in [2.05, 4.69) is 51.5 Å². The Bertz CT molecular complexity index is 364. The standard InChI is InChI=1S/C21H42P2/c1-6-8-10-12-15-19-23(5,20-16-13-11-9-7-2)21-17-14-18-22(3)4/h3,6-9,23H,10-21H2,1-2,4-5H3/b8-6-,9-7-. The van der Waals surface area contributed by atoms with Crippen molar-refractivity contribution >= 4 is 14.6 Å². The number of rotatable bonds is 14. The molecule has 0 rings (SSSR count). The molecule has 0 aliphatic carbocycles. The van der Waals surface area contributed by atoms with Gasteiger partial charge in [-0.25, -0.2) is 0 Å². The van der Waals surface area contributed by atoms with Crippen LogP contribution in [0.25, 0.3) is 0 Å². The first kappa shape index (κ1) is 23.0. The van der Waals surface area contributed by atoms with Gasteiger partial charge in [0.2, 0.25) is 0 Å². The zero-order chi connectivity index (χ0) is 17.4. The molecule has 0 aliphatic heterocycles. The molecule has 0 N–H and O–H groups in total. The van der Waals surface area contributed by atoms with Crippen molar-refractivity contribution in [2.45, 2.75) is 65.2 Å². The molecule has 0 saturated heterocycles. The Morgan fingerprint density at radius 1 is 0.783 bits per heavy atom. The van der Waals surface area contributed by atoms with E-state index in [1.165, 1.54) is 76.0 Å². The molecule has 0 fully saturated rings. The molecule has 136 valence electrons. The van der Waals surface area contributed by atoms with Crippen LogP contribution in [0.5, 0.6) is 0 Å². The van der Waals surface area contributed by atoms with Gasteiger partial charge in [-0.3, -0.25) is 0 Å². The number of hydrogen-bond donors (Lipinski definition) is 0. The van der Waals surface area contributed by atoms with Crippen LogP contribution in [0.15, 0.2) is 24.3 Å². The predicted octanol–water partition coefficient (Wildman–Crippen LogP) is 7.34. The van der Waals surface area contributed by atoms with E-state index in [-0.39, 0.29) is 7.38 Å². The van der Waals surface area contributed by atoms with E-state index in [1.54, 1.807) is 0 Å². The predicted molar refractivity (Wildman–Crippen MR) is 118 cm³/mol. The molecule has 0 bridgehead atoms. The van der Waals surface area contributed by atoms with Crippen LogP contribution in [0.4, 0.5) is 0 Å². The third-order valence-corrected chi connectivity index (χ3v) is 10.5. The van der Waals surface area contributed by atoms with Gasteiger partial charge in [0.15, 0.2) is 0 Å². The van der Waals surface area contributed by atoms with E-state index >= 15 is 0 Å². The van der Waals surface area contributed by atoms with E-state index in [4.69, 9.17) is 6.13 Å². The first-order valence-corrected chi connectivity index (χ1v) is 14.9. The molecule has 1 unspecified atom stereocenters. The monoisotopic (exact) mass is 356 g/mol. The zero-order valence-electron chi connectivity index (χ0n) is 16.3. The molecule has 0 aromatic rings. The Hall–Kier alpha value is -0.0100. The van der Waals surface area contributed by atoms with Crippen molar-refractivity contribution in [3.05, 3.63) is 24.3 Å². The third kappa shape index (κ3) is 15.3. The molecule has 23 heavy (non-hydrogen) atoms. The summed E-state index contributed by atoms with van der Waals surface area (Å²) in [5.41, 5.74) is 0. The van der Waals surface area contributed by atoms with Gasteiger partial charge < -0.3 is 0 Å². The molecule has 0 radical (unpaired) electrons. The molecule has 0 spiro atoms. The maximum atomic E-state index is 5.96. The quantitative estimate of drug-likeness (QED) is 0.173. The van der Waals surface area contributed by atoms with Crippen LogP contribution in [0, 0.1) is 6.13 Å².